The van der Waals surface area contributed by atoms with Gasteiger partial charge in [-0.15, -0.1) is 0 Å². The Morgan fingerprint density at radius 2 is 2.06 bits per heavy atom. The normalized spacial score (nSPS) is 17.8. The fourth-order valence-electron chi connectivity index (χ4n) is 4.24. The number of H-pyrrole nitrogens is 1. The summed E-state index contributed by atoms with van der Waals surface area (Å²) in [6, 6.07) is 10.5. The van der Waals surface area contributed by atoms with Gasteiger partial charge in [0.1, 0.15) is 24.1 Å². The van der Waals surface area contributed by atoms with Gasteiger partial charge in [-0.05, 0) is 37.2 Å². The Kier molecular flexibility index (Phi) is 5.16. The van der Waals surface area contributed by atoms with Gasteiger partial charge in [-0.2, -0.15) is 10.2 Å². The predicted molar refractivity (Wildman–Crippen MR) is 117 cm³/mol. The fraction of sp³-hybridized carbons (Fsp3) is 0.273. The average molecular weight is 435 g/mol. The molecular weight excluding hydrogens is 413 g/mol. The van der Waals surface area contributed by atoms with Crippen molar-refractivity contribution in [2.75, 3.05) is 12.5 Å². The maximum atomic E-state index is 14.3. The summed E-state index contributed by atoms with van der Waals surface area (Å²) in [4.78, 5) is 23.1. The molecular formula is C22H22FN7O2. The van der Waals surface area contributed by atoms with Crippen LogP contribution in [0.3, 0.4) is 0 Å². The minimum Gasteiger partial charge on any atom is -0.316 e. The lowest BCUT2D eigenvalue weighted by atomic mass is 9.89. The molecule has 1 aliphatic rings. The van der Waals surface area contributed by atoms with Crippen LogP contribution in [-0.2, 0) is 17.9 Å². The molecule has 3 heterocycles. The number of aromatic nitrogens is 5. The van der Waals surface area contributed by atoms with Crippen LogP contribution in [0.15, 0.2) is 47.5 Å². The quantitative estimate of drug-likeness (QED) is 0.442. The van der Waals surface area contributed by atoms with E-state index in [0.717, 1.165) is 17.7 Å². The third-order valence-electron chi connectivity index (χ3n) is 5.69. The van der Waals surface area contributed by atoms with E-state index in [4.69, 9.17) is 4.84 Å². The highest BCUT2D eigenvalue weighted by atomic mass is 19.1. The van der Waals surface area contributed by atoms with Crippen LogP contribution >= 0.6 is 0 Å². The van der Waals surface area contributed by atoms with Crippen molar-refractivity contribution in [1.82, 2.24) is 30.3 Å². The van der Waals surface area contributed by atoms with Crippen LogP contribution in [0.4, 0.5) is 10.1 Å². The zero-order chi connectivity index (χ0) is 22.2. The van der Waals surface area contributed by atoms with Gasteiger partial charge in [0.2, 0.25) is 0 Å². The van der Waals surface area contributed by atoms with E-state index in [2.05, 4.69) is 31.1 Å². The minimum absolute atomic E-state index is 0.193. The van der Waals surface area contributed by atoms with E-state index in [1.165, 1.54) is 18.5 Å². The topological polar surface area (TPSA) is 110 Å². The van der Waals surface area contributed by atoms with Crippen molar-refractivity contribution in [3.8, 4) is 0 Å². The molecule has 4 aromatic rings. The highest BCUT2D eigenvalue weighted by Crippen LogP contribution is 2.44. The molecule has 0 saturated carbocycles. The highest BCUT2D eigenvalue weighted by Gasteiger charge is 2.37. The Bertz CT molecular complexity index is 1330. The first-order valence-electron chi connectivity index (χ1n) is 10.3. The molecule has 2 atom stereocenters. The second-order valence-corrected chi connectivity index (χ2v) is 7.64. The van der Waals surface area contributed by atoms with Gasteiger partial charge in [0.05, 0.1) is 22.7 Å². The van der Waals surface area contributed by atoms with Crippen molar-refractivity contribution in [3.05, 3.63) is 81.5 Å². The van der Waals surface area contributed by atoms with Crippen LogP contribution in [0.2, 0.25) is 0 Å². The summed E-state index contributed by atoms with van der Waals surface area (Å²) in [5, 5.41) is 15.1. The Hall–Kier alpha value is -3.63. The summed E-state index contributed by atoms with van der Waals surface area (Å²) < 4.78 is 16.0. The molecule has 0 bridgehead atoms. The molecule has 0 amide bonds. The third-order valence-corrected chi connectivity index (χ3v) is 5.69. The number of benzene rings is 2. The molecule has 2 aromatic heterocycles. The standard InChI is InChI=1S/C22H22FN7O2/c1-3-30-21(25-11-26-30)18-19-17-15(22(31)28-27-19)8-14(23)9-16(17)29-32-20(18)13-6-4-12(5-7-13)10-24-2/h4-9,11,18,20,24,29H,3,10H2,1-2H3,(H,28,31). The highest BCUT2D eigenvalue weighted by molar-refractivity contribution is 5.95. The number of nitrogens with one attached hydrogen (secondary N) is 3. The van der Waals surface area contributed by atoms with Crippen LogP contribution in [0.5, 0.6) is 0 Å². The van der Waals surface area contributed by atoms with E-state index in [9.17, 15) is 9.18 Å². The molecule has 9 nitrogen and oxygen atoms in total. The van der Waals surface area contributed by atoms with E-state index < -0.39 is 23.4 Å². The number of halogens is 1. The molecule has 2 aromatic carbocycles. The summed E-state index contributed by atoms with van der Waals surface area (Å²) in [5.41, 5.74) is 5.28. The summed E-state index contributed by atoms with van der Waals surface area (Å²) in [6.45, 7) is 3.30. The van der Waals surface area contributed by atoms with Crippen molar-refractivity contribution >= 4 is 16.5 Å². The zero-order valence-electron chi connectivity index (χ0n) is 17.6. The predicted octanol–water partition coefficient (Wildman–Crippen LogP) is 2.62. The third kappa shape index (κ3) is 3.33. The van der Waals surface area contributed by atoms with Gasteiger partial charge in [-0.3, -0.25) is 15.1 Å². The largest absolute Gasteiger partial charge is 0.316 e. The van der Waals surface area contributed by atoms with Crippen LogP contribution in [0, 0.1) is 5.82 Å². The summed E-state index contributed by atoms with van der Waals surface area (Å²) >= 11 is 0. The van der Waals surface area contributed by atoms with Crippen molar-refractivity contribution < 1.29 is 9.23 Å². The molecule has 0 spiro atoms. The lowest BCUT2D eigenvalue weighted by molar-refractivity contribution is 0.0846. The first-order chi connectivity index (χ1) is 15.6. The SMILES string of the molecule is CCn1ncnc1C1c2n[nH]c(=O)c3cc(F)cc(c23)NOC1c1ccc(CNC)cc1. The Morgan fingerprint density at radius 3 is 2.81 bits per heavy atom. The van der Waals surface area contributed by atoms with Gasteiger partial charge in [0.25, 0.3) is 5.56 Å². The number of rotatable bonds is 5. The number of nitrogens with zero attached hydrogens (tertiary/aromatic N) is 4. The molecule has 0 fully saturated rings. The Balaban J connectivity index is 1.75. The van der Waals surface area contributed by atoms with E-state index in [-0.39, 0.29) is 5.39 Å². The smallest absolute Gasteiger partial charge is 0.272 e. The van der Waals surface area contributed by atoms with Crippen LogP contribution < -0.4 is 16.4 Å². The van der Waals surface area contributed by atoms with Gasteiger partial charge in [-0.25, -0.2) is 19.2 Å². The maximum absolute atomic E-state index is 14.3. The number of aryl methyl sites for hydroxylation is 1. The molecule has 2 unspecified atom stereocenters. The summed E-state index contributed by atoms with van der Waals surface area (Å²) in [5.74, 6) is -0.419. The lowest BCUT2D eigenvalue weighted by Crippen LogP contribution is -2.23. The maximum Gasteiger partial charge on any atom is 0.272 e. The fourth-order valence-corrected chi connectivity index (χ4v) is 4.24. The zero-order valence-corrected chi connectivity index (χ0v) is 17.6. The molecule has 5 rings (SSSR count). The average Bonchev–Trinajstić information content (AvgIpc) is 3.20. The molecule has 164 valence electrons. The van der Waals surface area contributed by atoms with Gasteiger partial charge in [-0.1, -0.05) is 24.3 Å². The molecule has 0 radical (unpaired) electrons. The summed E-state index contributed by atoms with van der Waals surface area (Å²) in [7, 11) is 1.89. The van der Waals surface area contributed by atoms with Crippen molar-refractivity contribution in [1.29, 1.82) is 0 Å². The number of hydrogen-bond donors (Lipinski definition) is 3. The minimum atomic E-state index is -0.565. The first-order valence-corrected chi connectivity index (χ1v) is 10.3. The van der Waals surface area contributed by atoms with Crippen molar-refractivity contribution in [2.45, 2.75) is 32.0 Å². The van der Waals surface area contributed by atoms with Crippen LogP contribution in [0.1, 0.15) is 41.6 Å². The lowest BCUT2D eigenvalue weighted by Gasteiger charge is -2.24. The van der Waals surface area contributed by atoms with Crippen LogP contribution in [-0.4, -0.2) is 32.0 Å². The number of anilines is 1. The molecule has 10 heteroatoms. The monoisotopic (exact) mass is 435 g/mol. The van der Waals surface area contributed by atoms with Gasteiger partial charge < -0.3 is 5.32 Å². The summed E-state index contributed by atoms with van der Waals surface area (Å²) in [6.07, 6.45) is 0.920. The van der Waals surface area contributed by atoms with Gasteiger partial charge in [0.15, 0.2) is 0 Å². The molecule has 1 aliphatic heterocycles. The van der Waals surface area contributed by atoms with E-state index in [1.807, 2.05) is 38.2 Å². The second kappa shape index (κ2) is 8.13. The van der Waals surface area contributed by atoms with Gasteiger partial charge >= 0.3 is 0 Å². The second-order valence-electron chi connectivity index (χ2n) is 7.64. The van der Waals surface area contributed by atoms with E-state index in [0.29, 0.717) is 29.1 Å². The number of hydrogen-bond acceptors (Lipinski definition) is 7. The van der Waals surface area contributed by atoms with Gasteiger partial charge in [0, 0.05) is 18.5 Å². The number of aromatic amines is 1. The van der Waals surface area contributed by atoms with E-state index >= 15 is 0 Å². The molecule has 32 heavy (non-hydrogen) atoms. The van der Waals surface area contributed by atoms with Crippen LogP contribution in [0.25, 0.3) is 10.8 Å². The Labute approximate surface area is 182 Å². The van der Waals surface area contributed by atoms with Crippen molar-refractivity contribution in [2.24, 2.45) is 0 Å². The molecule has 3 N–H and O–H groups in total. The Morgan fingerprint density at radius 1 is 1.25 bits per heavy atom. The molecule has 0 aliphatic carbocycles. The van der Waals surface area contributed by atoms with E-state index in [1.54, 1.807) is 4.68 Å². The first kappa shape index (κ1) is 20.3. The van der Waals surface area contributed by atoms with Crippen molar-refractivity contribution in [3.63, 3.8) is 0 Å². The molecule has 0 saturated heterocycles.